The zero-order valence-electron chi connectivity index (χ0n) is 20.3. The number of carbonyl (C=O) groups is 2. The van der Waals surface area contributed by atoms with Crippen LogP contribution in [0.1, 0.15) is 67.2 Å². The van der Waals surface area contributed by atoms with Crippen molar-refractivity contribution < 1.29 is 14.3 Å². The number of nitrogens with zero attached hydrogens (tertiary/aromatic N) is 3. The Morgan fingerprint density at radius 2 is 2.03 bits per heavy atom. The van der Waals surface area contributed by atoms with Crippen LogP contribution in [-0.2, 0) is 14.3 Å². The number of terminal acetylenes is 1. The Labute approximate surface area is 187 Å². The van der Waals surface area contributed by atoms with Gasteiger partial charge < -0.3 is 9.64 Å². The molecule has 0 aromatic carbocycles. The highest BCUT2D eigenvalue weighted by atomic mass is 16.5. The number of Topliss-reactive ketones (excluding diaryl/α,β-unsaturated/α-hetero) is 1. The van der Waals surface area contributed by atoms with Crippen molar-refractivity contribution in [2.75, 3.05) is 20.7 Å². The molecule has 0 fully saturated rings. The van der Waals surface area contributed by atoms with Crippen molar-refractivity contribution in [3.8, 4) is 12.3 Å². The quantitative estimate of drug-likeness (QED) is 0.273. The molecule has 0 saturated heterocycles. The minimum absolute atomic E-state index is 0.0753. The van der Waals surface area contributed by atoms with Gasteiger partial charge >= 0.3 is 5.97 Å². The summed E-state index contributed by atoms with van der Waals surface area (Å²) in [6.45, 7) is 12.1. The van der Waals surface area contributed by atoms with Crippen molar-refractivity contribution in [1.82, 2.24) is 4.90 Å². The summed E-state index contributed by atoms with van der Waals surface area (Å²) in [6.07, 6.45) is 9.20. The van der Waals surface area contributed by atoms with Crippen molar-refractivity contribution in [2.45, 2.75) is 73.3 Å². The molecule has 1 unspecified atom stereocenters. The Hall–Kier alpha value is -2.68. The van der Waals surface area contributed by atoms with E-state index in [4.69, 9.17) is 16.2 Å². The number of esters is 1. The number of hydrogen-bond acceptors (Lipinski definition) is 5. The molecule has 6 heteroatoms. The minimum atomic E-state index is -0.442. The Morgan fingerprint density at radius 1 is 1.39 bits per heavy atom. The summed E-state index contributed by atoms with van der Waals surface area (Å²) in [7, 11) is 3.51. The Kier molecular flexibility index (Phi) is 9.90. The van der Waals surface area contributed by atoms with Crippen molar-refractivity contribution in [1.29, 1.82) is 0 Å². The van der Waals surface area contributed by atoms with Crippen LogP contribution in [0, 0.1) is 17.8 Å². The van der Waals surface area contributed by atoms with E-state index in [1.165, 1.54) is 0 Å². The number of carbonyl (C=O) groups excluding carboxylic acids is 2. The minimum Gasteiger partial charge on any atom is -0.466 e. The van der Waals surface area contributed by atoms with E-state index < -0.39 is 6.04 Å². The number of ketones is 1. The van der Waals surface area contributed by atoms with Gasteiger partial charge in [-0.2, -0.15) is 0 Å². The van der Waals surface area contributed by atoms with Gasteiger partial charge in [-0.25, -0.2) is 0 Å². The van der Waals surface area contributed by atoms with Gasteiger partial charge in [0.2, 0.25) is 0 Å². The topological polar surface area (TPSA) is 71.3 Å². The fourth-order valence-corrected chi connectivity index (χ4v) is 4.00. The first kappa shape index (κ1) is 26.4. The molecule has 1 aliphatic heterocycles. The largest absolute Gasteiger partial charge is 0.466 e. The third-order valence-electron chi connectivity index (χ3n) is 5.28. The van der Waals surface area contributed by atoms with Crippen molar-refractivity contribution >= 4 is 23.8 Å². The average molecular weight is 428 g/mol. The first-order valence-corrected chi connectivity index (χ1v) is 10.9. The second-order valence-corrected chi connectivity index (χ2v) is 8.33. The normalized spacial score (nSPS) is 18.9. The molecule has 1 heterocycles. The third-order valence-corrected chi connectivity index (χ3v) is 5.28. The maximum absolute atomic E-state index is 13.0. The highest BCUT2D eigenvalue weighted by Gasteiger charge is 2.36. The van der Waals surface area contributed by atoms with Gasteiger partial charge in [-0.1, -0.05) is 33.6 Å². The van der Waals surface area contributed by atoms with Gasteiger partial charge in [-0.15, -0.1) is 6.42 Å². The zero-order chi connectivity index (χ0) is 23.8. The van der Waals surface area contributed by atoms with Gasteiger partial charge in [0.1, 0.15) is 6.04 Å². The number of ether oxygens (including phenoxy) is 1. The molecule has 0 spiro atoms. The second-order valence-electron chi connectivity index (χ2n) is 8.33. The maximum atomic E-state index is 13.0. The number of aliphatic imine (C=N–C) groups is 2. The highest BCUT2D eigenvalue weighted by molar-refractivity contribution is 6.06. The monoisotopic (exact) mass is 427 g/mol. The average Bonchev–Trinajstić information content (AvgIpc) is 2.81. The molecule has 2 rings (SSSR count). The lowest BCUT2D eigenvalue weighted by Crippen LogP contribution is -2.33. The fraction of sp³-hybridized carbons (Fsp3) is 0.600. The van der Waals surface area contributed by atoms with Crippen molar-refractivity contribution in [2.24, 2.45) is 15.4 Å². The van der Waals surface area contributed by atoms with Crippen molar-refractivity contribution in [3.05, 3.63) is 22.4 Å². The molecule has 6 nitrogen and oxygen atoms in total. The van der Waals surface area contributed by atoms with E-state index >= 15 is 0 Å². The van der Waals surface area contributed by atoms with E-state index in [1.807, 2.05) is 32.7 Å². The highest BCUT2D eigenvalue weighted by Crippen LogP contribution is 2.42. The van der Waals surface area contributed by atoms with E-state index in [0.717, 1.165) is 23.3 Å². The van der Waals surface area contributed by atoms with Crippen molar-refractivity contribution in [3.63, 3.8) is 0 Å². The molecule has 1 aliphatic carbocycles. The van der Waals surface area contributed by atoms with Crippen LogP contribution >= 0.6 is 0 Å². The summed E-state index contributed by atoms with van der Waals surface area (Å²) in [5, 5.41) is 0. The van der Waals surface area contributed by atoms with Gasteiger partial charge in [0.25, 0.3) is 0 Å². The molecule has 31 heavy (non-hydrogen) atoms. The van der Waals surface area contributed by atoms with Gasteiger partial charge in [0.15, 0.2) is 5.78 Å². The Balaban J connectivity index is 0.00000233. The second kappa shape index (κ2) is 11.6. The maximum Gasteiger partial charge on any atom is 0.310 e. The van der Waals surface area contributed by atoms with Gasteiger partial charge in [-0.05, 0) is 36.8 Å². The Bertz CT molecular complexity index is 854. The van der Waals surface area contributed by atoms with E-state index in [1.54, 1.807) is 20.3 Å². The molecule has 0 saturated carbocycles. The summed E-state index contributed by atoms with van der Waals surface area (Å²) < 4.78 is 5.18. The smallest absolute Gasteiger partial charge is 0.310 e. The van der Waals surface area contributed by atoms with Crippen LogP contribution < -0.4 is 0 Å². The molecule has 0 amide bonds. The molecule has 0 N–H and O–H groups in total. The predicted octanol–water partition coefficient (Wildman–Crippen LogP) is 4.36. The lowest BCUT2D eigenvalue weighted by atomic mass is 9.74. The standard InChI is InChI=1S/C23H31N3O3.C2H6/c1-8-20(26(7)14-24-6)17-10-18-19(12-23(4,5)13-21(18)27)25-15(3)16(17)11-22(28)29-9-2;1-2/h1,14,20H,9-13H2,2-7H3;1-2H3. The molecule has 0 aromatic heterocycles. The lowest BCUT2D eigenvalue weighted by molar-refractivity contribution is -0.142. The summed E-state index contributed by atoms with van der Waals surface area (Å²) in [4.78, 5) is 35.9. The first-order valence-electron chi connectivity index (χ1n) is 10.9. The van der Waals surface area contributed by atoms with Gasteiger partial charge in [0.05, 0.1) is 19.4 Å². The molecule has 0 radical (unpaired) electrons. The van der Waals surface area contributed by atoms with E-state index in [0.29, 0.717) is 30.7 Å². The number of likely N-dealkylation sites (N-methyl/N-ethyl adjacent to an activating group) is 1. The van der Waals surface area contributed by atoms with Crippen LogP contribution in [0.3, 0.4) is 0 Å². The van der Waals surface area contributed by atoms with E-state index in [2.05, 4.69) is 24.8 Å². The van der Waals surface area contributed by atoms with E-state index in [9.17, 15) is 9.59 Å². The summed E-state index contributed by atoms with van der Waals surface area (Å²) >= 11 is 0. The first-order chi connectivity index (χ1) is 14.6. The van der Waals surface area contributed by atoms with Crippen LogP contribution in [-0.4, -0.2) is 55.4 Å². The third kappa shape index (κ3) is 6.65. The molecule has 0 aromatic rings. The van der Waals surface area contributed by atoms with Gasteiger partial charge in [-0.3, -0.25) is 19.6 Å². The summed E-state index contributed by atoms with van der Waals surface area (Å²) in [5.74, 6) is 2.57. The molecular weight excluding hydrogens is 390 g/mol. The number of rotatable bonds is 6. The zero-order valence-corrected chi connectivity index (χ0v) is 20.3. The predicted molar refractivity (Wildman–Crippen MR) is 127 cm³/mol. The number of allylic oxidation sites excluding steroid dienone is 2. The molecule has 170 valence electrons. The summed E-state index contributed by atoms with van der Waals surface area (Å²) in [5.41, 5.74) is 3.68. The Morgan fingerprint density at radius 3 is 2.58 bits per heavy atom. The molecule has 2 aliphatic rings. The van der Waals surface area contributed by atoms with Crippen LogP contribution in [0.25, 0.3) is 0 Å². The molecule has 1 atom stereocenters. The number of hydrogen-bond donors (Lipinski definition) is 0. The fourth-order valence-electron chi connectivity index (χ4n) is 4.00. The van der Waals surface area contributed by atoms with E-state index in [-0.39, 0.29) is 23.6 Å². The van der Waals surface area contributed by atoms with Crippen LogP contribution in [0.2, 0.25) is 0 Å². The lowest BCUT2D eigenvalue weighted by Gasteiger charge is -2.31. The van der Waals surface area contributed by atoms with Crippen LogP contribution in [0.5, 0.6) is 0 Å². The summed E-state index contributed by atoms with van der Waals surface area (Å²) in [6, 6.07) is -0.442. The van der Waals surface area contributed by atoms with Crippen LogP contribution in [0.15, 0.2) is 32.4 Å². The van der Waals surface area contributed by atoms with Gasteiger partial charge in [0, 0.05) is 43.9 Å². The molecular formula is C25H37N3O3. The van der Waals surface area contributed by atoms with Crippen LogP contribution in [0.4, 0.5) is 0 Å². The SMILES string of the molecule is C#CC(C1=C(CC(=O)OCC)C(C)=NC2=C(C1)C(=O)CC(C)(C)C2)N(C)C=NC.CC. The molecule has 0 bridgehead atoms.